The molecule has 11 heavy (non-hydrogen) atoms. The van der Waals surface area contributed by atoms with Gasteiger partial charge in [-0.25, -0.2) is 0 Å². The van der Waals surface area contributed by atoms with E-state index in [1.54, 1.807) is 0 Å². The van der Waals surface area contributed by atoms with Crippen LogP contribution in [0.3, 0.4) is 0 Å². The Morgan fingerprint density at radius 2 is 2.00 bits per heavy atom. The molecule has 0 aromatic heterocycles. The summed E-state index contributed by atoms with van der Waals surface area (Å²) in [5.41, 5.74) is 10.6. The van der Waals surface area contributed by atoms with Gasteiger partial charge in [0.25, 0.3) is 0 Å². The van der Waals surface area contributed by atoms with Crippen molar-refractivity contribution in [1.29, 1.82) is 0 Å². The molecule has 4 heteroatoms. The van der Waals surface area contributed by atoms with Crippen molar-refractivity contribution in [3.05, 3.63) is 0 Å². The number of carbonyl (C=O) groups is 1. The Morgan fingerprint density at radius 3 is 2.36 bits per heavy atom. The molecule has 1 fully saturated rings. The third kappa shape index (κ3) is 2.48. The zero-order chi connectivity index (χ0) is 8.27. The number of hydrogen-bond acceptors (Lipinski definition) is 4. The summed E-state index contributed by atoms with van der Waals surface area (Å²) < 4.78 is 4.98. The molecule has 1 aliphatic carbocycles. The van der Waals surface area contributed by atoms with Gasteiger partial charge in [-0.05, 0) is 12.8 Å². The van der Waals surface area contributed by atoms with Crippen molar-refractivity contribution >= 4 is 5.97 Å². The molecule has 0 heterocycles. The molecule has 0 aromatic rings. The zero-order valence-corrected chi connectivity index (χ0v) is 6.45. The van der Waals surface area contributed by atoms with Crippen LogP contribution < -0.4 is 11.5 Å². The van der Waals surface area contributed by atoms with Gasteiger partial charge in [-0.3, -0.25) is 4.79 Å². The second-order valence-corrected chi connectivity index (χ2v) is 2.80. The lowest BCUT2D eigenvalue weighted by molar-refractivity contribution is -0.149. The molecule has 0 amide bonds. The van der Waals surface area contributed by atoms with Crippen molar-refractivity contribution in [3.8, 4) is 0 Å². The third-order valence-corrected chi connectivity index (χ3v) is 1.72. The van der Waals surface area contributed by atoms with Gasteiger partial charge in [-0.1, -0.05) is 0 Å². The Morgan fingerprint density at radius 1 is 1.45 bits per heavy atom. The molecule has 0 unspecified atom stereocenters. The standard InChI is InChI=1S/C7H14N2O2/c8-3-6(4-9)11-7(10)5-1-2-5/h5-6H,1-4,8-9H2. The summed E-state index contributed by atoms with van der Waals surface area (Å²) in [6.45, 7) is 0.629. The fourth-order valence-corrected chi connectivity index (χ4v) is 0.772. The minimum absolute atomic E-state index is 0.133. The molecule has 0 aromatic carbocycles. The van der Waals surface area contributed by atoms with Crippen molar-refractivity contribution in [2.75, 3.05) is 13.1 Å². The molecule has 4 N–H and O–H groups in total. The van der Waals surface area contributed by atoms with Gasteiger partial charge in [0.2, 0.25) is 0 Å². The molecular formula is C7H14N2O2. The topological polar surface area (TPSA) is 78.3 Å². The van der Waals surface area contributed by atoms with Gasteiger partial charge in [0.05, 0.1) is 5.92 Å². The van der Waals surface area contributed by atoms with E-state index in [-0.39, 0.29) is 18.0 Å². The van der Waals surface area contributed by atoms with Crippen LogP contribution in [0.2, 0.25) is 0 Å². The number of ether oxygens (including phenoxy) is 1. The summed E-state index contributed by atoms with van der Waals surface area (Å²) >= 11 is 0. The molecule has 1 rings (SSSR count). The van der Waals surface area contributed by atoms with E-state index in [9.17, 15) is 4.79 Å². The predicted octanol–water partition coefficient (Wildman–Crippen LogP) is -0.774. The lowest BCUT2D eigenvalue weighted by atomic mass is 10.3. The van der Waals surface area contributed by atoms with Crippen molar-refractivity contribution in [2.24, 2.45) is 17.4 Å². The molecule has 0 atom stereocenters. The van der Waals surface area contributed by atoms with E-state index in [0.717, 1.165) is 12.8 Å². The van der Waals surface area contributed by atoms with E-state index in [1.807, 2.05) is 0 Å². The van der Waals surface area contributed by atoms with Gasteiger partial charge in [-0.15, -0.1) is 0 Å². The van der Waals surface area contributed by atoms with E-state index in [1.165, 1.54) is 0 Å². The van der Waals surface area contributed by atoms with Gasteiger partial charge in [0.15, 0.2) is 0 Å². The van der Waals surface area contributed by atoms with Crippen molar-refractivity contribution in [2.45, 2.75) is 18.9 Å². The molecule has 1 aliphatic rings. The van der Waals surface area contributed by atoms with Gasteiger partial charge < -0.3 is 16.2 Å². The van der Waals surface area contributed by atoms with E-state index >= 15 is 0 Å². The molecule has 64 valence electrons. The van der Waals surface area contributed by atoms with Crippen LogP contribution in [0, 0.1) is 5.92 Å². The SMILES string of the molecule is NCC(CN)OC(=O)C1CC1. The molecular weight excluding hydrogens is 144 g/mol. The summed E-state index contributed by atoms with van der Waals surface area (Å²) in [7, 11) is 0. The Labute approximate surface area is 65.9 Å². The lowest BCUT2D eigenvalue weighted by Crippen LogP contribution is -2.34. The highest BCUT2D eigenvalue weighted by Crippen LogP contribution is 2.30. The minimum Gasteiger partial charge on any atom is -0.459 e. The summed E-state index contributed by atoms with van der Waals surface area (Å²) in [5.74, 6) is 0.00139. The second kappa shape index (κ2) is 3.69. The second-order valence-electron chi connectivity index (χ2n) is 2.80. The summed E-state index contributed by atoms with van der Waals surface area (Å²) in [6, 6.07) is 0. The molecule has 0 saturated heterocycles. The average Bonchev–Trinajstić information content (AvgIpc) is 2.81. The van der Waals surface area contributed by atoms with E-state index in [2.05, 4.69) is 0 Å². The maximum absolute atomic E-state index is 11.0. The Balaban J connectivity index is 2.20. The van der Waals surface area contributed by atoms with Gasteiger partial charge in [0.1, 0.15) is 6.10 Å². The number of nitrogens with two attached hydrogens (primary N) is 2. The Bertz CT molecular complexity index is 141. The molecule has 0 bridgehead atoms. The predicted molar refractivity (Wildman–Crippen MR) is 40.7 cm³/mol. The van der Waals surface area contributed by atoms with Crippen LogP contribution in [0.4, 0.5) is 0 Å². The monoisotopic (exact) mass is 158 g/mol. The van der Waals surface area contributed by atoms with Gasteiger partial charge in [-0.2, -0.15) is 0 Å². The van der Waals surface area contributed by atoms with Crippen LogP contribution in [-0.2, 0) is 9.53 Å². The normalized spacial score (nSPS) is 17.0. The molecule has 0 radical (unpaired) electrons. The van der Waals surface area contributed by atoms with Crippen molar-refractivity contribution in [1.82, 2.24) is 0 Å². The van der Waals surface area contributed by atoms with Crippen molar-refractivity contribution in [3.63, 3.8) is 0 Å². The maximum atomic E-state index is 11.0. The average molecular weight is 158 g/mol. The fourth-order valence-electron chi connectivity index (χ4n) is 0.772. The van der Waals surface area contributed by atoms with Crippen LogP contribution >= 0.6 is 0 Å². The van der Waals surface area contributed by atoms with Gasteiger partial charge >= 0.3 is 5.97 Å². The molecule has 1 saturated carbocycles. The number of carbonyl (C=O) groups excluding carboxylic acids is 1. The number of esters is 1. The van der Waals surface area contributed by atoms with Crippen LogP contribution in [0.15, 0.2) is 0 Å². The maximum Gasteiger partial charge on any atom is 0.309 e. The number of rotatable bonds is 4. The summed E-state index contributed by atoms with van der Waals surface area (Å²) in [6.07, 6.45) is 1.63. The van der Waals surface area contributed by atoms with E-state index in [4.69, 9.17) is 16.2 Å². The first-order valence-corrected chi connectivity index (χ1v) is 3.88. The first-order valence-electron chi connectivity index (χ1n) is 3.88. The highest BCUT2D eigenvalue weighted by molar-refractivity contribution is 5.75. The summed E-state index contributed by atoms with van der Waals surface area (Å²) in [4.78, 5) is 11.0. The van der Waals surface area contributed by atoms with Crippen molar-refractivity contribution < 1.29 is 9.53 Å². The zero-order valence-electron chi connectivity index (χ0n) is 6.45. The Kier molecular flexibility index (Phi) is 2.84. The third-order valence-electron chi connectivity index (χ3n) is 1.72. The largest absolute Gasteiger partial charge is 0.459 e. The molecule has 0 aliphatic heterocycles. The van der Waals surface area contributed by atoms with Crippen LogP contribution in [0.1, 0.15) is 12.8 Å². The highest BCUT2D eigenvalue weighted by atomic mass is 16.5. The van der Waals surface area contributed by atoms with Crippen LogP contribution in [-0.4, -0.2) is 25.2 Å². The fraction of sp³-hybridized carbons (Fsp3) is 0.857. The highest BCUT2D eigenvalue weighted by Gasteiger charge is 2.32. The van der Waals surface area contributed by atoms with Crippen LogP contribution in [0.5, 0.6) is 0 Å². The smallest absolute Gasteiger partial charge is 0.309 e. The molecule has 4 nitrogen and oxygen atoms in total. The summed E-state index contributed by atoms with van der Waals surface area (Å²) in [5, 5.41) is 0. The lowest BCUT2D eigenvalue weighted by Gasteiger charge is -2.12. The first-order chi connectivity index (χ1) is 5.27. The number of hydrogen-bond donors (Lipinski definition) is 2. The molecule has 0 spiro atoms. The van der Waals surface area contributed by atoms with Crippen LogP contribution in [0.25, 0.3) is 0 Å². The van der Waals surface area contributed by atoms with E-state index < -0.39 is 0 Å². The minimum atomic E-state index is -0.289. The first kappa shape index (κ1) is 8.49. The van der Waals surface area contributed by atoms with E-state index in [0.29, 0.717) is 13.1 Å². The quantitative estimate of drug-likeness (QED) is 0.526. The van der Waals surface area contributed by atoms with Gasteiger partial charge in [0, 0.05) is 13.1 Å². The Hall–Kier alpha value is -0.610.